The van der Waals surface area contributed by atoms with Gasteiger partial charge in [-0.1, -0.05) is 11.6 Å². The number of carbonyl (C=O) groups is 1. The van der Waals surface area contributed by atoms with Crippen LogP contribution in [0.5, 0.6) is 11.5 Å². The molecular weight excluding hydrogens is 340 g/mol. The van der Waals surface area contributed by atoms with Gasteiger partial charge in [-0.3, -0.25) is 4.79 Å². The van der Waals surface area contributed by atoms with E-state index in [9.17, 15) is 4.79 Å². The lowest BCUT2D eigenvalue weighted by molar-refractivity contribution is -0.127. The van der Waals surface area contributed by atoms with Crippen LogP contribution in [0.2, 0.25) is 5.02 Å². The molecule has 1 aromatic rings. The van der Waals surface area contributed by atoms with Gasteiger partial charge in [0.25, 0.3) is 0 Å². The van der Waals surface area contributed by atoms with E-state index in [4.69, 9.17) is 21.1 Å². The van der Waals surface area contributed by atoms with Gasteiger partial charge < -0.3 is 19.7 Å². The fourth-order valence-electron chi connectivity index (χ4n) is 2.90. The molecule has 0 saturated carbocycles. The molecule has 0 aliphatic carbocycles. The first-order valence-corrected chi connectivity index (χ1v) is 9.49. The van der Waals surface area contributed by atoms with Crippen molar-refractivity contribution in [3.05, 3.63) is 22.7 Å². The molecule has 1 fully saturated rings. The summed E-state index contributed by atoms with van der Waals surface area (Å²) in [6.07, 6.45) is 2.69. The summed E-state index contributed by atoms with van der Waals surface area (Å²) in [5.74, 6) is 1.58. The van der Waals surface area contributed by atoms with E-state index in [0.717, 1.165) is 38.0 Å². The number of amides is 1. The molecule has 2 rings (SSSR count). The molecule has 6 heteroatoms. The highest BCUT2D eigenvalue weighted by Crippen LogP contribution is 2.37. The number of hydrogen-bond acceptors (Lipinski definition) is 4. The summed E-state index contributed by atoms with van der Waals surface area (Å²) in [6.45, 7) is 9.73. The van der Waals surface area contributed by atoms with Crippen molar-refractivity contribution < 1.29 is 14.3 Å². The molecule has 1 heterocycles. The van der Waals surface area contributed by atoms with Crippen LogP contribution in [0, 0.1) is 0 Å². The van der Waals surface area contributed by atoms with Crippen molar-refractivity contribution in [2.75, 3.05) is 26.2 Å². The average Bonchev–Trinajstić information content (AvgIpc) is 2.95. The molecule has 0 spiro atoms. The van der Waals surface area contributed by atoms with Gasteiger partial charge in [-0.15, -0.1) is 0 Å². The lowest BCUT2D eigenvalue weighted by Gasteiger charge is -2.18. The molecule has 1 saturated heterocycles. The van der Waals surface area contributed by atoms with Crippen LogP contribution in [0.3, 0.4) is 0 Å². The number of ether oxygens (including phenoxy) is 2. The van der Waals surface area contributed by atoms with Crippen molar-refractivity contribution in [3.8, 4) is 11.5 Å². The van der Waals surface area contributed by atoms with Crippen molar-refractivity contribution in [3.63, 3.8) is 0 Å². The second-order valence-electron chi connectivity index (χ2n) is 6.52. The summed E-state index contributed by atoms with van der Waals surface area (Å²) < 4.78 is 11.5. The van der Waals surface area contributed by atoms with Crippen molar-refractivity contribution in [1.82, 2.24) is 10.2 Å². The van der Waals surface area contributed by atoms with Crippen molar-refractivity contribution in [2.24, 2.45) is 0 Å². The number of hydrogen-bond donors (Lipinski definition) is 1. The van der Waals surface area contributed by atoms with Gasteiger partial charge in [-0.2, -0.15) is 0 Å². The van der Waals surface area contributed by atoms with Crippen LogP contribution in [0.4, 0.5) is 0 Å². The largest absolute Gasteiger partial charge is 0.490 e. The van der Waals surface area contributed by atoms with Crippen LogP contribution >= 0.6 is 11.6 Å². The smallest absolute Gasteiger partial charge is 0.222 e. The molecule has 1 aliphatic rings. The van der Waals surface area contributed by atoms with Crippen LogP contribution in [-0.2, 0) is 11.3 Å². The van der Waals surface area contributed by atoms with Crippen LogP contribution in [0.1, 0.15) is 45.6 Å². The Morgan fingerprint density at radius 3 is 2.80 bits per heavy atom. The highest BCUT2D eigenvalue weighted by atomic mass is 35.5. The molecule has 1 aromatic carbocycles. The first kappa shape index (κ1) is 19.9. The van der Waals surface area contributed by atoms with E-state index in [1.807, 2.05) is 37.8 Å². The summed E-state index contributed by atoms with van der Waals surface area (Å²) in [5, 5.41) is 3.97. The average molecular weight is 369 g/mol. The maximum atomic E-state index is 11.6. The lowest BCUT2D eigenvalue weighted by atomic mass is 10.2. The van der Waals surface area contributed by atoms with Crippen LogP contribution in [-0.4, -0.2) is 43.2 Å². The molecule has 1 aliphatic heterocycles. The van der Waals surface area contributed by atoms with Gasteiger partial charge in [0.1, 0.15) is 0 Å². The topological polar surface area (TPSA) is 50.8 Å². The first-order valence-electron chi connectivity index (χ1n) is 9.11. The fraction of sp³-hybridized carbons (Fsp3) is 0.632. The number of carbonyl (C=O) groups excluding carboxylic acids is 1. The second kappa shape index (κ2) is 9.88. The first-order chi connectivity index (χ1) is 12.0. The molecule has 0 radical (unpaired) electrons. The molecule has 1 amide bonds. The maximum Gasteiger partial charge on any atom is 0.222 e. The van der Waals surface area contributed by atoms with E-state index in [0.29, 0.717) is 36.1 Å². The van der Waals surface area contributed by atoms with E-state index in [1.165, 1.54) is 0 Å². The molecule has 0 bridgehead atoms. The summed E-state index contributed by atoms with van der Waals surface area (Å²) in [6, 6.07) is 3.89. The number of halogens is 1. The molecule has 0 unspecified atom stereocenters. The minimum absolute atomic E-state index is 0.0361. The zero-order chi connectivity index (χ0) is 18.2. The zero-order valence-corrected chi connectivity index (χ0v) is 16.2. The van der Waals surface area contributed by atoms with Gasteiger partial charge >= 0.3 is 0 Å². The Kier molecular flexibility index (Phi) is 7.85. The molecule has 0 atom stereocenters. The van der Waals surface area contributed by atoms with Gasteiger partial charge in [0.15, 0.2) is 11.5 Å². The lowest BCUT2D eigenvalue weighted by Crippen LogP contribution is -2.28. The Bertz CT molecular complexity index is 578. The number of benzene rings is 1. The Morgan fingerprint density at radius 2 is 2.16 bits per heavy atom. The standard InChI is InChI=1S/C19H29ClN2O3/c1-4-24-17-12-15(11-16(20)19(17)25-14(2)3)13-21-8-6-10-22-9-5-7-18(22)23/h11-12,14,21H,4-10,13H2,1-3H3. The fourth-order valence-corrected chi connectivity index (χ4v) is 3.18. The van der Waals surface area contributed by atoms with Crippen LogP contribution in [0.25, 0.3) is 0 Å². The van der Waals surface area contributed by atoms with Gasteiger partial charge in [0.05, 0.1) is 17.7 Å². The Hall–Kier alpha value is -1.46. The third-order valence-electron chi connectivity index (χ3n) is 4.00. The Balaban J connectivity index is 1.85. The predicted octanol–water partition coefficient (Wildman–Crippen LogP) is 3.63. The van der Waals surface area contributed by atoms with Gasteiger partial charge in [-0.05, 0) is 57.9 Å². The second-order valence-corrected chi connectivity index (χ2v) is 6.93. The highest BCUT2D eigenvalue weighted by molar-refractivity contribution is 6.32. The number of nitrogens with one attached hydrogen (secondary N) is 1. The molecule has 25 heavy (non-hydrogen) atoms. The van der Waals surface area contributed by atoms with Crippen molar-refractivity contribution >= 4 is 17.5 Å². The third kappa shape index (κ3) is 6.08. The molecule has 1 N–H and O–H groups in total. The van der Waals surface area contributed by atoms with Crippen LogP contribution < -0.4 is 14.8 Å². The summed E-state index contributed by atoms with van der Waals surface area (Å²) in [7, 11) is 0. The number of rotatable bonds is 10. The number of likely N-dealkylation sites (tertiary alicyclic amines) is 1. The molecule has 140 valence electrons. The Morgan fingerprint density at radius 1 is 1.36 bits per heavy atom. The minimum Gasteiger partial charge on any atom is -0.490 e. The summed E-state index contributed by atoms with van der Waals surface area (Å²) in [5.41, 5.74) is 1.06. The monoisotopic (exact) mass is 368 g/mol. The SMILES string of the molecule is CCOc1cc(CNCCCN2CCCC2=O)cc(Cl)c1OC(C)C. The van der Waals surface area contributed by atoms with E-state index in [1.54, 1.807) is 0 Å². The van der Waals surface area contributed by atoms with Crippen LogP contribution in [0.15, 0.2) is 12.1 Å². The van der Waals surface area contributed by atoms with Gasteiger partial charge in [-0.25, -0.2) is 0 Å². The summed E-state index contributed by atoms with van der Waals surface area (Å²) in [4.78, 5) is 13.5. The zero-order valence-electron chi connectivity index (χ0n) is 15.4. The van der Waals surface area contributed by atoms with E-state index in [-0.39, 0.29) is 12.0 Å². The normalized spacial score (nSPS) is 14.4. The molecule has 5 nitrogen and oxygen atoms in total. The third-order valence-corrected chi connectivity index (χ3v) is 4.29. The number of nitrogens with zero attached hydrogens (tertiary/aromatic N) is 1. The van der Waals surface area contributed by atoms with Crippen molar-refractivity contribution in [1.29, 1.82) is 0 Å². The molecular formula is C19H29ClN2O3. The van der Waals surface area contributed by atoms with Crippen molar-refractivity contribution in [2.45, 2.75) is 52.7 Å². The van der Waals surface area contributed by atoms with Gasteiger partial charge in [0.2, 0.25) is 5.91 Å². The quantitative estimate of drug-likeness (QED) is 0.641. The van der Waals surface area contributed by atoms with E-state index >= 15 is 0 Å². The van der Waals surface area contributed by atoms with E-state index in [2.05, 4.69) is 5.32 Å². The summed E-state index contributed by atoms with van der Waals surface area (Å²) >= 11 is 6.38. The highest BCUT2D eigenvalue weighted by Gasteiger charge is 2.19. The predicted molar refractivity (Wildman–Crippen MR) is 101 cm³/mol. The minimum atomic E-state index is 0.0361. The maximum absolute atomic E-state index is 11.6. The Labute approximate surface area is 155 Å². The molecule has 0 aromatic heterocycles. The van der Waals surface area contributed by atoms with Gasteiger partial charge in [0, 0.05) is 26.1 Å². The van der Waals surface area contributed by atoms with E-state index < -0.39 is 0 Å².